The SMILES string of the molecule is c1ccc(-n2c3cc(-c4ccc(N(c5ccc6c(ccc7ccccc76)c5)c5cccc6c5sc5c7ccccc7ccc65)cc4)ccc3c3ccc4ccccc4c32)cc1. The lowest BCUT2D eigenvalue weighted by Gasteiger charge is -2.27. The molecule has 0 amide bonds. The Morgan fingerprint density at radius 1 is 0.328 bits per heavy atom. The summed E-state index contributed by atoms with van der Waals surface area (Å²) >= 11 is 1.90. The van der Waals surface area contributed by atoms with E-state index in [9.17, 15) is 0 Å². The van der Waals surface area contributed by atoms with E-state index >= 15 is 0 Å². The van der Waals surface area contributed by atoms with Crippen LogP contribution >= 0.6 is 11.3 Å². The first-order chi connectivity index (χ1) is 30.2. The summed E-state index contributed by atoms with van der Waals surface area (Å²) in [5.74, 6) is 0. The minimum absolute atomic E-state index is 1.12. The first-order valence-electron chi connectivity index (χ1n) is 20.9. The third-order valence-corrected chi connectivity index (χ3v) is 14.0. The van der Waals surface area contributed by atoms with Gasteiger partial charge in [-0.3, -0.25) is 0 Å². The molecule has 13 rings (SSSR count). The highest BCUT2D eigenvalue weighted by atomic mass is 32.1. The minimum Gasteiger partial charge on any atom is -0.309 e. The van der Waals surface area contributed by atoms with Gasteiger partial charge in [-0.15, -0.1) is 11.3 Å². The fourth-order valence-corrected chi connectivity index (χ4v) is 11.2. The highest BCUT2D eigenvalue weighted by Crippen LogP contribution is 2.47. The van der Waals surface area contributed by atoms with Gasteiger partial charge in [-0.05, 0) is 97.4 Å². The van der Waals surface area contributed by atoms with Crippen LogP contribution in [0.4, 0.5) is 17.1 Å². The topological polar surface area (TPSA) is 8.17 Å². The number of benzene rings is 11. The number of rotatable bonds is 5. The molecule has 0 aliphatic heterocycles. The second kappa shape index (κ2) is 13.4. The van der Waals surface area contributed by atoms with E-state index in [1.807, 2.05) is 11.3 Å². The molecule has 0 spiro atoms. The van der Waals surface area contributed by atoms with Crippen molar-refractivity contribution < 1.29 is 0 Å². The van der Waals surface area contributed by atoms with Gasteiger partial charge in [-0.1, -0.05) is 170 Å². The van der Waals surface area contributed by atoms with E-state index in [1.54, 1.807) is 0 Å². The predicted octanol–water partition coefficient (Wildman–Crippen LogP) is 16.9. The van der Waals surface area contributed by atoms with Crippen LogP contribution in [0, 0.1) is 0 Å². The molecule has 0 atom stereocenters. The fraction of sp³-hybridized carbons (Fsp3) is 0. The number of aromatic nitrogens is 1. The van der Waals surface area contributed by atoms with Gasteiger partial charge in [0, 0.05) is 48.7 Å². The van der Waals surface area contributed by atoms with Gasteiger partial charge in [0.15, 0.2) is 0 Å². The van der Waals surface area contributed by atoms with Gasteiger partial charge in [0.2, 0.25) is 0 Å². The van der Waals surface area contributed by atoms with Crippen molar-refractivity contribution >= 4 is 113 Å². The molecule has 3 heteroatoms. The summed E-state index contributed by atoms with van der Waals surface area (Å²) in [6.45, 7) is 0. The van der Waals surface area contributed by atoms with E-state index in [1.165, 1.54) is 102 Å². The van der Waals surface area contributed by atoms with Crippen molar-refractivity contribution in [3.63, 3.8) is 0 Å². The van der Waals surface area contributed by atoms with E-state index in [0.29, 0.717) is 0 Å². The van der Waals surface area contributed by atoms with E-state index in [4.69, 9.17) is 0 Å². The lowest BCUT2D eigenvalue weighted by atomic mass is 10.0. The average Bonchev–Trinajstić information content (AvgIpc) is 3.89. The Labute approximate surface area is 356 Å². The van der Waals surface area contributed by atoms with E-state index < -0.39 is 0 Å². The van der Waals surface area contributed by atoms with Crippen LogP contribution in [0.25, 0.3) is 102 Å². The van der Waals surface area contributed by atoms with Crippen molar-refractivity contribution in [2.45, 2.75) is 0 Å². The molecule has 2 heterocycles. The van der Waals surface area contributed by atoms with Crippen LogP contribution in [0.15, 0.2) is 218 Å². The number of anilines is 3. The predicted molar refractivity (Wildman–Crippen MR) is 264 cm³/mol. The van der Waals surface area contributed by atoms with Crippen LogP contribution in [0.2, 0.25) is 0 Å². The van der Waals surface area contributed by atoms with Gasteiger partial charge in [-0.2, -0.15) is 0 Å². The molecule has 2 nitrogen and oxygen atoms in total. The van der Waals surface area contributed by atoms with Crippen LogP contribution in [0.3, 0.4) is 0 Å². The van der Waals surface area contributed by atoms with E-state index in [-0.39, 0.29) is 0 Å². The molecule has 11 aromatic carbocycles. The second-order valence-electron chi connectivity index (χ2n) is 16.1. The molecule has 0 aliphatic carbocycles. The molecule has 0 saturated heterocycles. The van der Waals surface area contributed by atoms with Gasteiger partial charge >= 0.3 is 0 Å². The molecule has 0 radical (unpaired) electrons. The van der Waals surface area contributed by atoms with Crippen molar-refractivity contribution in [2.75, 3.05) is 4.90 Å². The molecule has 0 bridgehead atoms. The Kier molecular flexibility index (Phi) is 7.51. The summed E-state index contributed by atoms with van der Waals surface area (Å²) in [6.07, 6.45) is 0. The summed E-state index contributed by atoms with van der Waals surface area (Å²) in [7, 11) is 0. The quantitative estimate of drug-likeness (QED) is 0.158. The van der Waals surface area contributed by atoms with Crippen molar-refractivity contribution in [3.8, 4) is 16.8 Å². The molecule has 0 N–H and O–H groups in total. The summed E-state index contributed by atoms with van der Waals surface area (Å²) in [4.78, 5) is 2.46. The Balaban J connectivity index is 0.996. The molecule has 0 saturated carbocycles. The largest absolute Gasteiger partial charge is 0.309 e. The van der Waals surface area contributed by atoms with Crippen molar-refractivity contribution in [1.82, 2.24) is 4.57 Å². The lowest BCUT2D eigenvalue weighted by Crippen LogP contribution is -2.10. The average molecular weight is 793 g/mol. The van der Waals surface area contributed by atoms with Gasteiger partial charge in [0.1, 0.15) is 0 Å². The Hall–Kier alpha value is -7.72. The second-order valence-corrected chi connectivity index (χ2v) is 17.1. The number of thiophene rings is 1. The molecule has 61 heavy (non-hydrogen) atoms. The van der Waals surface area contributed by atoms with Crippen LogP contribution in [0.1, 0.15) is 0 Å². The van der Waals surface area contributed by atoms with Crippen LogP contribution in [-0.4, -0.2) is 4.57 Å². The number of hydrogen-bond donors (Lipinski definition) is 0. The number of nitrogens with zero attached hydrogens (tertiary/aromatic N) is 2. The zero-order valence-corrected chi connectivity index (χ0v) is 33.9. The Morgan fingerprint density at radius 3 is 1.70 bits per heavy atom. The first-order valence-corrected chi connectivity index (χ1v) is 21.7. The standard InChI is InChI=1S/C58H36N2S/c1-2-14-43(15-3-1)60-55-36-41(27-31-50(55)51-32-25-39-12-5-8-17-48(39)56(51)60)37-23-28-44(29-24-37)59(45-30-34-47-42(35-45)22-21-38-11-4-7-16-46(38)47)54-20-10-19-52-53-33-26-40-13-6-9-18-49(40)57(53)61-58(52)54/h1-36H. The summed E-state index contributed by atoms with van der Waals surface area (Å²) < 4.78 is 5.06. The molecule has 0 fully saturated rings. The molecule has 2 aromatic heterocycles. The maximum absolute atomic E-state index is 2.46. The summed E-state index contributed by atoms with van der Waals surface area (Å²) in [5.41, 5.74) is 9.40. The van der Waals surface area contributed by atoms with Gasteiger partial charge in [-0.25, -0.2) is 0 Å². The molecular formula is C58H36N2S. The van der Waals surface area contributed by atoms with Gasteiger partial charge in [0.05, 0.1) is 21.4 Å². The number of hydrogen-bond acceptors (Lipinski definition) is 2. The zero-order valence-electron chi connectivity index (χ0n) is 33.1. The van der Waals surface area contributed by atoms with Crippen LogP contribution < -0.4 is 4.90 Å². The smallest absolute Gasteiger partial charge is 0.0640 e. The summed E-state index contributed by atoms with van der Waals surface area (Å²) in [5, 5.41) is 15.2. The normalized spacial score (nSPS) is 11.9. The van der Waals surface area contributed by atoms with E-state index in [0.717, 1.165) is 17.1 Å². The fourth-order valence-electron chi connectivity index (χ4n) is 9.86. The molecule has 284 valence electrons. The molecular weight excluding hydrogens is 757 g/mol. The van der Waals surface area contributed by atoms with Crippen LogP contribution in [-0.2, 0) is 0 Å². The Bertz CT molecular complexity index is 3880. The zero-order chi connectivity index (χ0) is 40.0. The van der Waals surface area contributed by atoms with Gasteiger partial charge in [0.25, 0.3) is 0 Å². The number of para-hydroxylation sites is 1. The van der Waals surface area contributed by atoms with Crippen LogP contribution in [0.5, 0.6) is 0 Å². The Morgan fingerprint density at radius 2 is 0.885 bits per heavy atom. The molecule has 0 aliphatic rings. The summed E-state index contributed by atoms with van der Waals surface area (Å²) in [6, 6.07) is 80.5. The van der Waals surface area contributed by atoms with Crippen molar-refractivity contribution in [3.05, 3.63) is 218 Å². The maximum atomic E-state index is 2.46. The van der Waals surface area contributed by atoms with Crippen molar-refractivity contribution in [2.24, 2.45) is 0 Å². The third kappa shape index (κ3) is 5.28. The number of fused-ring (bicyclic) bond motifs is 13. The monoisotopic (exact) mass is 792 g/mol. The molecule has 0 unspecified atom stereocenters. The lowest BCUT2D eigenvalue weighted by molar-refractivity contribution is 1.19. The first kappa shape index (κ1) is 34.2. The van der Waals surface area contributed by atoms with Crippen molar-refractivity contribution in [1.29, 1.82) is 0 Å². The van der Waals surface area contributed by atoms with E-state index in [2.05, 4.69) is 228 Å². The molecule has 13 aromatic rings. The maximum Gasteiger partial charge on any atom is 0.0640 e. The van der Waals surface area contributed by atoms with Gasteiger partial charge < -0.3 is 9.47 Å². The highest BCUT2D eigenvalue weighted by Gasteiger charge is 2.21. The third-order valence-electron chi connectivity index (χ3n) is 12.7. The minimum atomic E-state index is 1.12. The highest BCUT2D eigenvalue weighted by molar-refractivity contribution is 7.27.